The molecule has 14 heavy (non-hydrogen) atoms. The Balaban J connectivity index is 2.33. The summed E-state index contributed by atoms with van der Waals surface area (Å²) >= 11 is 1.56. The van der Waals surface area contributed by atoms with Gasteiger partial charge in [0.1, 0.15) is 16.2 Å². The Morgan fingerprint density at radius 1 is 1.50 bits per heavy atom. The number of aromatic nitrogens is 2. The first-order valence-electron chi connectivity index (χ1n) is 4.42. The molecule has 0 spiro atoms. The molecule has 2 heterocycles. The zero-order valence-electron chi connectivity index (χ0n) is 7.97. The summed E-state index contributed by atoms with van der Waals surface area (Å²) in [4.78, 5) is 11.7. The zero-order chi connectivity index (χ0) is 9.97. The molecule has 2 aromatic heterocycles. The van der Waals surface area contributed by atoms with E-state index >= 15 is 0 Å². The lowest BCUT2D eigenvalue weighted by Crippen LogP contribution is -2.25. The molecule has 0 aliphatic carbocycles. The van der Waals surface area contributed by atoms with Crippen molar-refractivity contribution in [3.8, 4) is 0 Å². The normalized spacial score (nSPS) is 10.7. The number of thiazole rings is 1. The maximum Gasteiger partial charge on any atom is 0.145 e. The van der Waals surface area contributed by atoms with Gasteiger partial charge in [0.2, 0.25) is 0 Å². The first-order valence-corrected chi connectivity index (χ1v) is 5.30. The Morgan fingerprint density at radius 2 is 2.36 bits per heavy atom. The number of anilines is 1. The van der Waals surface area contributed by atoms with E-state index in [2.05, 4.69) is 9.97 Å². The second kappa shape index (κ2) is 3.89. The van der Waals surface area contributed by atoms with Crippen molar-refractivity contribution in [1.29, 1.82) is 0 Å². The van der Waals surface area contributed by atoms with E-state index in [9.17, 15) is 0 Å². The predicted octanol–water partition coefficient (Wildman–Crippen LogP) is 1.09. The van der Waals surface area contributed by atoms with Crippen molar-refractivity contribution in [3.05, 3.63) is 17.6 Å². The average molecular weight is 208 g/mol. The van der Waals surface area contributed by atoms with Crippen molar-refractivity contribution in [2.24, 2.45) is 5.73 Å². The van der Waals surface area contributed by atoms with Gasteiger partial charge in [-0.1, -0.05) is 0 Å². The van der Waals surface area contributed by atoms with E-state index in [4.69, 9.17) is 5.73 Å². The molecule has 5 heteroatoms. The maximum absolute atomic E-state index is 5.48. The number of hydrogen-bond donors (Lipinski definition) is 1. The number of nitrogens with zero attached hydrogens (tertiary/aromatic N) is 3. The van der Waals surface area contributed by atoms with Gasteiger partial charge in [0.15, 0.2) is 0 Å². The molecule has 2 aromatic rings. The number of rotatable bonds is 3. The number of likely N-dealkylation sites (N-methyl/N-ethyl adjacent to an activating group) is 1. The van der Waals surface area contributed by atoms with E-state index in [1.54, 1.807) is 11.3 Å². The van der Waals surface area contributed by atoms with Gasteiger partial charge >= 0.3 is 0 Å². The molecule has 0 fully saturated rings. The monoisotopic (exact) mass is 208 g/mol. The highest BCUT2D eigenvalue weighted by atomic mass is 32.1. The van der Waals surface area contributed by atoms with Crippen LogP contribution in [0.2, 0.25) is 0 Å². The standard InChI is InChI=1S/C9H12N4S/c1-13(5-4-10)8-3-2-7-9(12-8)14-6-11-7/h2-3,6H,4-5,10H2,1H3. The Kier molecular flexibility index (Phi) is 2.60. The van der Waals surface area contributed by atoms with E-state index in [1.165, 1.54) is 0 Å². The summed E-state index contributed by atoms with van der Waals surface area (Å²) in [6.07, 6.45) is 0. The summed E-state index contributed by atoms with van der Waals surface area (Å²) in [6, 6.07) is 3.96. The van der Waals surface area contributed by atoms with Crippen LogP contribution in [0, 0.1) is 0 Å². The van der Waals surface area contributed by atoms with Crippen LogP contribution < -0.4 is 10.6 Å². The second-order valence-electron chi connectivity index (χ2n) is 3.06. The number of nitrogens with two attached hydrogens (primary N) is 1. The van der Waals surface area contributed by atoms with Gasteiger partial charge in [0.25, 0.3) is 0 Å². The van der Waals surface area contributed by atoms with Crippen molar-refractivity contribution in [3.63, 3.8) is 0 Å². The third-order valence-electron chi connectivity index (χ3n) is 2.04. The number of pyridine rings is 1. The Bertz CT molecular complexity index is 425. The number of fused-ring (bicyclic) bond motifs is 1. The minimum atomic E-state index is 0.638. The lowest BCUT2D eigenvalue weighted by Gasteiger charge is -2.16. The minimum absolute atomic E-state index is 0.638. The van der Waals surface area contributed by atoms with E-state index in [0.717, 1.165) is 22.7 Å². The highest BCUT2D eigenvalue weighted by molar-refractivity contribution is 7.16. The molecule has 0 bridgehead atoms. The maximum atomic E-state index is 5.48. The third-order valence-corrected chi connectivity index (χ3v) is 2.77. The smallest absolute Gasteiger partial charge is 0.145 e. The molecule has 0 aliphatic heterocycles. The van der Waals surface area contributed by atoms with Gasteiger partial charge in [-0.2, -0.15) is 0 Å². The molecule has 0 saturated heterocycles. The zero-order valence-corrected chi connectivity index (χ0v) is 8.79. The van der Waals surface area contributed by atoms with Crippen LogP contribution in [0.5, 0.6) is 0 Å². The lowest BCUT2D eigenvalue weighted by atomic mass is 10.4. The molecule has 0 atom stereocenters. The van der Waals surface area contributed by atoms with Gasteiger partial charge in [-0.15, -0.1) is 11.3 Å². The lowest BCUT2D eigenvalue weighted by molar-refractivity contribution is 0.872. The van der Waals surface area contributed by atoms with Crippen LogP contribution in [-0.2, 0) is 0 Å². The van der Waals surface area contributed by atoms with Crippen molar-refractivity contribution < 1.29 is 0 Å². The van der Waals surface area contributed by atoms with Crippen LogP contribution in [-0.4, -0.2) is 30.1 Å². The van der Waals surface area contributed by atoms with Gasteiger partial charge in [0, 0.05) is 20.1 Å². The molecule has 2 rings (SSSR count). The number of hydrogen-bond acceptors (Lipinski definition) is 5. The van der Waals surface area contributed by atoms with Crippen LogP contribution in [0.3, 0.4) is 0 Å². The minimum Gasteiger partial charge on any atom is -0.358 e. The highest BCUT2D eigenvalue weighted by Gasteiger charge is 2.03. The van der Waals surface area contributed by atoms with Crippen molar-refractivity contribution in [2.45, 2.75) is 0 Å². The molecule has 0 radical (unpaired) electrons. The topological polar surface area (TPSA) is 55.0 Å². The van der Waals surface area contributed by atoms with Crippen LogP contribution in [0.15, 0.2) is 17.6 Å². The summed E-state index contributed by atoms with van der Waals surface area (Å²) < 4.78 is 0. The molecule has 0 amide bonds. The fraction of sp³-hybridized carbons (Fsp3) is 0.333. The molecule has 4 nitrogen and oxygen atoms in total. The van der Waals surface area contributed by atoms with E-state index in [-0.39, 0.29) is 0 Å². The van der Waals surface area contributed by atoms with Crippen molar-refractivity contribution in [1.82, 2.24) is 9.97 Å². The van der Waals surface area contributed by atoms with Crippen molar-refractivity contribution in [2.75, 3.05) is 25.0 Å². The van der Waals surface area contributed by atoms with Crippen molar-refractivity contribution >= 4 is 27.5 Å². The molecular formula is C9H12N4S. The molecule has 0 saturated carbocycles. The quantitative estimate of drug-likeness (QED) is 0.820. The van der Waals surface area contributed by atoms with Crippen LogP contribution in [0.4, 0.5) is 5.82 Å². The van der Waals surface area contributed by atoms with Gasteiger partial charge in [-0.25, -0.2) is 9.97 Å². The van der Waals surface area contributed by atoms with Crippen LogP contribution in [0.1, 0.15) is 0 Å². The molecular weight excluding hydrogens is 196 g/mol. The molecule has 0 aliphatic rings. The largest absolute Gasteiger partial charge is 0.358 e. The summed E-state index contributed by atoms with van der Waals surface area (Å²) in [7, 11) is 1.99. The SMILES string of the molecule is CN(CCN)c1ccc2ncsc2n1. The fourth-order valence-electron chi connectivity index (χ4n) is 1.26. The molecule has 2 N–H and O–H groups in total. The van der Waals surface area contributed by atoms with Gasteiger partial charge in [-0.05, 0) is 12.1 Å². The highest BCUT2D eigenvalue weighted by Crippen LogP contribution is 2.19. The third kappa shape index (κ3) is 1.69. The average Bonchev–Trinajstić information content (AvgIpc) is 2.64. The van der Waals surface area contributed by atoms with Crippen LogP contribution in [0.25, 0.3) is 10.3 Å². The Hall–Kier alpha value is -1.20. The Morgan fingerprint density at radius 3 is 3.14 bits per heavy atom. The van der Waals surface area contributed by atoms with E-state index in [1.807, 2.05) is 29.6 Å². The van der Waals surface area contributed by atoms with E-state index < -0.39 is 0 Å². The van der Waals surface area contributed by atoms with Gasteiger partial charge < -0.3 is 10.6 Å². The fourth-order valence-corrected chi connectivity index (χ4v) is 1.92. The molecule has 74 valence electrons. The predicted molar refractivity (Wildman–Crippen MR) is 59.7 cm³/mol. The van der Waals surface area contributed by atoms with Gasteiger partial charge in [-0.3, -0.25) is 0 Å². The Labute approximate surface area is 86.4 Å². The summed E-state index contributed by atoms with van der Waals surface area (Å²) in [5.41, 5.74) is 8.25. The molecule has 0 unspecified atom stereocenters. The molecule has 0 aromatic carbocycles. The van der Waals surface area contributed by atoms with E-state index in [0.29, 0.717) is 6.54 Å². The van der Waals surface area contributed by atoms with Gasteiger partial charge in [0.05, 0.1) is 5.51 Å². The summed E-state index contributed by atoms with van der Waals surface area (Å²) in [6.45, 7) is 1.45. The summed E-state index contributed by atoms with van der Waals surface area (Å²) in [5.74, 6) is 0.951. The summed E-state index contributed by atoms with van der Waals surface area (Å²) in [5, 5.41) is 0. The first kappa shape index (κ1) is 9.36. The first-order chi connectivity index (χ1) is 6.81. The van der Waals surface area contributed by atoms with Crippen LogP contribution >= 0.6 is 11.3 Å². The second-order valence-corrected chi connectivity index (χ2v) is 3.89.